The fraction of sp³-hybridized carbons (Fsp3) is 0.375. The summed E-state index contributed by atoms with van der Waals surface area (Å²) in [5.74, 6) is 0.323. The van der Waals surface area contributed by atoms with Gasteiger partial charge in [0.2, 0.25) is 0 Å². The number of aliphatic hydroxyl groups is 1. The SMILES string of the molecule is Cc1ccc(C(=O)NC(C)CC(O)c2ccco2)c(C)n1. The summed E-state index contributed by atoms with van der Waals surface area (Å²) in [5, 5.41) is 12.9. The van der Waals surface area contributed by atoms with Crippen molar-refractivity contribution in [3.63, 3.8) is 0 Å². The van der Waals surface area contributed by atoms with E-state index in [-0.39, 0.29) is 11.9 Å². The molecule has 2 aromatic heterocycles. The highest BCUT2D eigenvalue weighted by molar-refractivity contribution is 5.95. The molecule has 0 aliphatic carbocycles. The summed E-state index contributed by atoms with van der Waals surface area (Å²) >= 11 is 0. The lowest BCUT2D eigenvalue weighted by Gasteiger charge is -2.17. The van der Waals surface area contributed by atoms with Crippen LogP contribution in [0.2, 0.25) is 0 Å². The maximum absolute atomic E-state index is 12.2. The van der Waals surface area contributed by atoms with Gasteiger partial charge in [-0.3, -0.25) is 9.78 Å². The van der Waals surface area contributed by atoms with E-state index in [1.54, 1.807) is 18.2 Å². The average Bonchev–Trinajstić information content (AvgIpc) is 2.91. The van der Waals surface area contributed by atoms with Crippen molar-refractivity contribution < 1.29 is 14.3 Å². The minimum absolute atomic E-state index is 0.181. The first-order chi connectivity index (χ1) is 9.97. The fourth-order valence-electron chi connectivity index (χ4n) is 2.22. The number of aromatic nitrogens is 1. The molecule has 0 aliphatic rings. The van der Waals surface area contributed by atoms with E-state index in [1.165, 1.54) is 6.26 Å². The van der Waals surface area contributed by atoms with Crippen LogP contribution in [0.1, 0.15) is 47.0 Å². The maximum atomic E-state index is 12.2. The van der Waals surface area contributed by atoms with Crippen molar-refractivity contribution in [2.45, 2.75) is 39.3 Å². The Balaban J connectivity index is 1.96. The zero-order valence-electron chi connectivity index (χ0n) is 12.5. The van der Waals surface area contributed by atoms with Crippen molar-refractivity contribution in [2.75, 3.05) is 0 Å². The number of nitrogens with one attached hydrogen (secondary N) is 1. The fourth-order valence-corrected chi connectivity index (χ4v) is 2.22. The largest absolute Gasteiger partial charge is 0.467 e. The van der Waals surface area contributed by atoms with E-state index in [9.17, 15) is 9.90 Å². The van der Waals surface area contributed by atoms with Crippen LogP contribution >= 0.6 is 0 Å². The van der Waals surface area contributed by atoms with Gasteiger partial charge in [-0.25, -0.2) is 0 Å². The van der Waals surface area contributed by atoms with Gasteiger partial charge >= 0.3 is 0 Å². The Labute approximate surface area is 124 Å². The first-order valence-corrected chi connectivity index (χ1v) is 6.94. The number of amides is 1. The standard InChI is InChI=1S/C16H20N2O3/c1-10-6-7-13(12(3)17-10)16(20)18-11(2)9-14(19)15-5-4-8-21-15/h4-8,11,14,19H,9H2,1-3H3,(H,18,20). The quantitative estimate of drug-likeness (QED) is 0.886. The molecular weight excluding hydrogens is 268 g/mol. The van der Waals surface area contributed by atoms with Crippen molar-refractivity contribution in [1.29, 1.82) is 0 Å². The average molecular weight is 288 g/mol. The van der Waals surface area contributed by atoms with Crippen molar-refractivity contribution in [3.8, 4) is 0 Å². The lowest BCUT2D eigenvalue weighted by atomic mass is 10.1. The first-order valence-electron chi connectivity index (χ1n) is 6.94. The van der Waals surface area contributed by atoms with Gasteiger partial charge in [0.15, 0.2) is 0 Å². The third kappa shape index (κ3) is 3.92. The van der Waals surface area contributed by atoms with Crippen LogP contribution in [0, 0.1) is 13.8 Å². The number of hydrogen-bond acceptors (Lipinski definition) is 4. The van der Waals surface area contributed by atoms with Gasteiger partial charge in [0, 0.05) is 18.2 Å². The highest BCUT2D eigenvalue weighted by Crippen LogP contribution is 2.18. The lowest BCUT2D eigenvalue weighted by molar-refractivity contribution is 0.0902. The van der Waals surface area contributed by atoms with E-state index in [0.29, 0.717) is 23.4 Å². The number of carbonyl (C=O) groups excluding carboxylic acids is 1. The molecule has 5 nitrogen and oxygen atoms in total. The summed E-state index contributed by atoms with van der Waals surface area (Å²) in [6, 6.07) is 6.84. The van der Waals surface area contributed by atoms with Crippen LogP contribution in [0.4, 0.5) is 0 Å². The van der Waals surface area contributed by atoms with Crippen molar-refractivity contribution in [1.82, 2.24) is 10.3 Å². The molecule has 0 spiro atoms. The third-order valence-electron chi connectivity index (χ3n) is 3.30. The highest BCUT2D eigenvalue weighted by atomic mass is 16.4. The molecule has 2 aromatic rings. The van der Waals surface area contributed by atoms with Crippen LogP contribution in [0.5, 0.6) is 0 Å². The van der Waals surface area contributed by atoms with E-state index >= 15 is 0 Å². The Morgan fingerprint density at radius 3 is 2.76 bits per heavy atom. The Kier molecular flexibility index (Phi) is 4.75. The van der Waals surface area contributed by atoms with Crippen molar-refractivity contribution in [2.24, 2.45) is 0 Å². The van der Waals surface area contributed by atoms with Crippen LogP contribution in [0.3, 0.4) is 0 Å². The number of furan rings is 1. The predicted octanol–water partition coefficient (Wildman–Crippen LogP) is 2.53. The molecule has 2 unspecified atom stereocenters. The third-order valence-corrected chi connectivity index (χ3v) is 3.30. The second-order valence-corrected chi connectivity index (χ2v) is 5.23. The Morgan fingerprint density at radius 2 is 2.14 bits per heavy atom. The molecule has 2 atom stereocenters. The van der Waals surface area contributed by atoms with E-state index < -0.39 is 6.10 Å². The topological polar surface area (TPSA) is 75.4 Å². The van der Waals surface area contributed by atoms with Gasteiger partial charge in [0.1, 0.15) is 11.9 Å². The summed E-state index contributed by atoms with van der Waals surface area (Å²) in [6.45, 7) is 5.54. The van der Waals surface area contributed by atoms with Gasteiger partial charge in [-0.2, -0.15) is 0 Å². The van der Waals surface area contributed by atoms with E-state index in [4.69, 9.17) is 4.42 Å². The molecule has 2 heterocycles. The Morgan fingerprint density at radius 1 is 1.38 bits per heavy atom. The van der Waals surface area contributed by atoms with Crippen molar-refractivity contribution >= 4 is 5.91 Å². The summed E-state index contributed by atoms with van der Waals surface area (Å²) < 4.78 is 5.15. The molecular formula is C16H20N2O3. The molecule has 0 saturated heterocycles. The van der Waals surface area contributed by atoms with Gasteiger partial charge in [0.25, 0.3) is 5.91 Å². The molecule has 21 heavy (non-hydrogen) atoms. The summed E-state index contributed by atoms with van der Waals surface area (Å²) in [4.78, 5) is 16.5. The summed E-state index contributed by atoms with van der Waals surface area (Å²) in [7, 11) is 0. The number of rotatable bonds is 5. The van der Waals surface area contributed by atoms with Crippen LogP contribution < -0.4 is 5.32 Å². The smallest absolute Gasteiger partial charge is 0.253 e. The van der Waals surface area contributed by atoms with Crippen LogP contribution in [-0.2, 0) is 0 Å². The number of aliphatic hydroxyl groups excluding tert-OH is 1. The molecule has 0 saturated carbocycles. The lowest BCUT2D eigenvalue weighted by Crippen LogP contribution is -2.34. The summed E-state index contributed by atoms with van der Waals surface area (Å²) in [5.41, 5.74) is 2.14. The first kappa shape index (κ1) is 15.3. The van der Waals surface area contributed by atoms with Crippen molar-refractivity contribution in [3.05, 3.63) is 53.2 Å². The maximum Gasteiger partial charge on any atom is 0.253 e. The minimum Gasteiger partial charge on any atom is -0.467 e. The van der Waals surface area contributed by atoms with Gasteiger partial charge in [0.05, 0.1) is 17.5 Å². The molecule has 0 aliphatic heterocycles. The molecule has 0 fully saturated rings. The normalized spacial score (nSPS) is 13.7. The van der Waals surface area contributed by atoms with E-state index in [0.717, 1.165) is 5.69 Å². The molecule has 2 N–H and O–H groups in total. The molecule has 2 rings (SSSR count). The Bertz CT molecular complexity index is 608. The monoisotopic (exact) mass is 288 g/mol. The second kappa shape index (κ2) is 6.54. The molecule has 1 amide bonds. The number of nitrogens with zero attached hydrogens (tertiary/aromatic N) is 1. The van der Waals surface area contributed by atoms with E-state index in [2.05, 4.69) is 10.3 Å². The van der Waals surface area contributed by atoms with Gasteiger partial charge in [-0.1, -0.05) is 0 Å². The van der Waals surface area contributed by atoms with Gasteiger partial charge in [-0.05, 0) is 45.0 Å². The Hall–Kier alpha value is -2.14. The summed E-state index contributed by atoms with van der Waals surface area (Å²) in [6.07, 6.45) is 1.17. The molecule has 5 heteroatoms. The molecule has 0 bridgehead atoms. The minimum atomic E-state index is -0.729. The zero-order chi connectivity index (χ0) is 15.4. The molecule has 112 valence electrons. The van der Waals surface area contributed by atoms with Crippen LogP contribution in [0.15, 0.2) is 34.9 Å². The number of carbonyl (C=O) groups is 1. The van der Waals surface area contributed by atoms with E-state index in [1.807, 2.05) is 26.8 Å². The second-order valence-electron chi connectivity index (χ2n) is 5.23. The zero-order valence-corrected chi connectivity index (χ0v) is 12.5. The highest BCUT2D eigenvalue weighted by Gasteiger charge is 2.18. The van der Waals surface area contributed by atoms with Crippen LogP contribution in [0.25, 0.3) is 0 Å². The number of hydrogen-bond donors (Lipinski definition) is 2. The molecule has 0 aromatic carbocycles. The predicted molar refractivity (Wildman–Crippen MR) is 78.9 cm³/mol. The number of aryl methyl sites for hydroxylation is 2. The van der Waals surface area contributed by atoms with Gasteiger partial charge in [-0.15, -0.1) is 0 Å². The van der Waals surface area contributed by atoms with Gasteiger partial charge < -0.3 is 14.8 Å². The van der Waals surface area contributed by atoms with Crippen LogP contribution in [-0.4, -0.2) is 22.0 Å². The number of pyridine rings is 1. The molecule has 0 radical (unpaired) electrons.